The van der Waals surface area contributed by atoms with Gasteiger partial charge in [0, 0.05) is 37.3 Å². The van der Waals surface area contributed by atoms with Crippen molar-refractivity contribution in [3.63, 3.8) is 0 Å². The minimum Gasteiger partial charge on any atom is -0.354 e. The Labute approximate surface area is 144 Å². The summed E-state index contributed by atoms with van der Waals surface area (Å²) >= 11 is 0. The molecule has 0 aliphatic carbocycles. The van der Waals surface area contributed by atoms with E-state index in [1.807, 2.05) is 11.4 Å². The van der Waals surface area contributed by atoms with Crippen LogP contribution in [0.2, 0.25) is 0 Å². The molecule has 2 atom stereocenters. The third-order valence-corrected chi connectivity index (χ3v) is 5.24. The zero-order valence-corrected chi connectivity index (χ0v) is 13.9. The SMILES string of the molecule is Cc1cc(N2CCC3CN(c4ccc(F)cn4)CC32)n2ncnc2n1. The van der Waals surface area contributed by atoms with Crippen LogP contribution in [-0.2, 0) is 0 Å². The molecule has 0 saturated carbocycles. The van der Waals surface area contributed by atoms with Gasteiger partial charge in [-0.3, -0.25) is 0 Å². The first-order valence-corrected chi connectivity index (χ1v) is 8.49. The van der Waals surface area contributed by atoms with Crippen LogP contribution in [0.5, 0.6) is 0 Å². The molecule has 8 heteroatoms. The summed E-state index contributed by atoms with van der Waals surface area (Å²) in [6.45, 7) is 4.80. The van der Waals surface area contributed by atoms with E-state index in [2.05, 4.69) is 35.9 Å². The van der Waals surface area contributed by atoms with Gasteiger partial charge < -0.3 is 9.80 Å². The van der Waals surface area contributed by atoms with Crippen molar-refractivity contribution in [2.24, 2.45) is 5.92 Å². The molecule has 5 heterocycles. The summed E-state index contributed by atoms with van der Waals surface area (Å²) in [5, 5.41) is 4.34. The molecule has 0 radical (unpaired) electrons. The van der Waals surface area contributed by atoms with Gasteiger partial charge in [0.25, 0.3) is 5.78 Å². The Hall–Kier alpha value is -2.77. The Kier molecular flexibility index (Phi) is 3.13. The van der Waals surface area contributed by atoms with Crippen molar-refractivity contribution >= 4 is 17.4 Å². The number of nitrogens with zero attached hydrogens (tertiary/aromatic N) is 7. The number of rotatable bonds is 2. The van der Waals surface area contributed by atoms with Gasteiger partial charge in [0.2, 0.25) is 0 Å². The highest BCUT2D eigenvalue weighted by atomic mass is 19.1. The third-order valence-electron chi connectivity index (χ3n) is 5.24. The summed E-state index contributed by atoms with van der Waals surface area (Å²) in [7, 11) is 0. The summed E-state index contributed by atoms with van der Waals surface area (Å²) in [4.78, 5) is 17.5. The largest absolute Gasteiger partial charge is 0.354 e. The van der Waals surface area contributed by atoms with E-state index in [0.29, 0.717) is 17.7 Å². The second-order valence-corrected chi connectivity index (χ2v) is 6.78. The van der Waals surface area contributed by atoms with Crippen molar-refractivity contribution in [1.82, 2.24) is 24.6 Å². The van der Waals surface area contributed by atoms with Crippen molar-refractivity contribution < 1.29 is 4.39 Å². The van der Waals surface area contributed by atoms with Gasteiger partial charge in [-0.15, -0.1) is 0 Å². The highest BCUT2D eigenvalue weighted by Gasteiger charge is 2.42. The second kappa shape index (κ2) is 5.37. The van der Waals surface area contributed by atoms with E-state index in [4.69, 9.17) is 0 Å². The molecule has 7 nitrogen and oxygen atoms in total. The topological polar surface area (TPSA) is 62.5 Å². The number of hydrogen-bond acceptors (Lipinski definition) is 6. The summed E-state index contributed by atoms with van der Waals surface area (Å²) < 4.78 is 14.9. The van der Waals surface area contributed by atoms with Gasteiger partial charge in [0.15, 0.2) is 0 Å². The predicted octanol–water partition coefficient (Wildman–Crippen LogP) is 1.68. The lowest BCUT2D eigenvalue weighted by Gasteiger charge is -2.27. The molecule has 0 amide bonds. The summed E-state index contributed by atoms with van der Waals surface area (Å²) in [6, 6.07) is 5.69. The molecule has 2 aliphatic rings. The Bertz CT molecular complexity index is 922. The lowest BCUT2D eigenvalue weighted by molar-refractivity contribution is 0.577. The number of anilines is 2. The van der Waals surface area contributed by atoms with Crippen LogP contribution in [0.15, 0.2) is 30.7 Å². The lowest BCUT2D eigenvalue weighted by Crippen LogP contribution is -2.36. The van der Waals surface area contributed by atoms with Crippen molar-refractivity contribution in [1.29, 1.82) is 0 Å². The number of pyridine rings is 1. The molecule has 2 saturated heterocycles. The van der Waals surface area contributed by atoms with E-state index in [-0.39, 0.29) is 5.82 Å². The smallest absolute Gasteiger partial charge is 0.254 e. The van der Waals surface area contributed by atoms with Crippen LogP contribution in [-0.4, -0.2) is 50.2 Å². The molecule has 2 unspecified atom stereocenters. The van der Waals surface area contributed by atoms with Gasteiger partial charge in [-0.2, -0.15) is 14.6 Å². The van der Waals surface area contributed by atoms with Crippen LogP contribution in [0, 0.1) is 18.7 Å². The molecule has 0 N–H and O–H groups in total. The number of halogens is 1. The molecular formula is C17H18FN7. The molecule has 3 aromatic rings. The maximum Gasteiger partial charge on any atom is 0.254 e. The molecule has 128 valence electrons. The molecule has 0 bridgehead atoms. The van der Waals surface area contributed by atoms with Crippen molar-refractivity contribution in [2.45, 2.75) is 19.4 Å². The minimum atomic E-state index is -0.300. The van der Waals surface area contributed by atoms with Crippen molar-refractivity contribution in [2.75, 3.05) is 29.4 Å². The van der Waals surface area contributed by atoms with Gasteiger partial charge in [0.1, 0.15) is 23.8 Å². The second-order valence-electron chi connectivity index (χ2n) is 6.78. The number of fused-ring (bicyclic) bond motifs is 2. The zero-order valence-electron chi connectivity index (χ0n) is 13.9. The Morgan fingerprint density at radius 2 is 2.12 bits per heavy atom. The number of hydrogen-bond donors (Lipinski definition) is 0. The third kappa shape index (κ3) is 2.32. The summed E-state index contributed by atoms with van der Waals surface area (Å²) in [5.41, 5.74) is 0.939. The minimum absolute atomic E-state index is 0.300. The van der Waals surface area contributed by atoms with Gasteiger partial charge in [-0.25, -0.2) is 14.4 Å². The lowest BCUT2D eigenvalue weighted by atomic mass is 10.1. The quantitative estimate of drug-likeness (QED) is 0.708. The summed E-state index contributed by atoms with van der Waals surface area (Å²) in [6.07, 6.45) is 3.95. The highest BCUT2D eigenvalue weighted by molar-refractivity contribution is 5.51. The Morgan fingerprint density at radius 1 is 1.20 bits per heavy atom. The standard InChI is InChI=1S/C17H18FN7/c1-11-6-16(25-17(22-11)20-10-21-25)24-5-4-12-8-23(9-14(12)24)15-3-2-13(18)7-19-15/h2-3,6-7,10,12,14H,4-5,8-9H2,1H3. The first kappa shape index (κ1) is 14.6. The van der Waals surface area contributed by atoms with E-state index in [0.717, 1.165) is 43.4 Å². The van der Waals surface area contributed by atoms with Crippen LogP contribution < -0.4 is 9.80 Å². The maximum atomic E-state index is 13.1. The molecule has 0 aromatic carbocycles. The fourth-order valence-electron chi connectivity index (χ4n) is 4.10. The average molecular weight is 339 g/mol. The van der Waals surface area contributed by atoms with E-state index in [9.17, 15) is 4.39 Å². The average Bonchev–Trinajstić information content (AvgIpc) is 3.29. The van der Waals surface area contributed by atoms with Crippen LogP contribution in [0.4, 0.5) is 16.0 Å². The first-order valence-electron chi connectivity index (χ1n) is 8.49. The van der Waals surface area contributed by atoms with Crippen LogP contribution in [0.3, 0.4) is 0 Å². The zero-order chi connectivity index (χ0) is 17.0. The highest BCUT2D eigenvalue weighted by Crippen LogP contribution is 2.36. The van der Waals surface area contributed by atoms with E-state index in [1.54, 1.807) is 12.4 Å². The normalized spacial score (nSPS) is 22.8. The number of aromatic nitrogens is 5. The van der Waals surface area contributed by atoms with E-state index < -0.39 is 0 Å². The predicted molar refractivity (Wildman–Crippen MR) is 91.2 cm³/mol. The fourth-order valence-corrected chi connectivity index (χ4v) is 4.10. The van der Waals surface area contributed by atoms with Crippen LogP contribution >= 0.6 is 0 Å². The van der Waals surface area contributed by atoms with Crippen molar-refractivity contribution in [3.8, 4) is 0 Å². The van der Waals surface area contributed by atoms with Crippen molar-refractivity contribution in [3.05, 3.63) is 42.2 Å². The van der Waals surface area contributed by atoms with E-state index >= 15 is 0 Å². The fraction of sp³-hybridized carbons (Fsp3) is 0.412. The van der Waals surface area contributed by atoms with Crippen LogP contribution in [0.1, 0.15) is 12.1 Å². The molecule has 5 rings (SSSR count). The van der Waals surface area contributed by atoms with Gasteiger partial charge in [-0.05, 0) is 25.5 Å². The van der Waals surface area contributed by atoms with Gasteiger partial charge >= 0.3 is 0 Å². The molecule has 2 aliphatic heterocycles. The van der Waals surface area contributed by atoms with Crippen LogP contribution in [0.25, 0.3) is 5.78 Å². The molecule has 0 spiro atoms. The molecule has 2 fully saturated rings. The molecular weight excluding hydrogens is 321 g/mol. The Balaban J connectivity index is 1.47. The van der Waals surface area contributed by atoms with Gasteiger partial charge in [-0.1, -0.05) is 0 Å². The first-order chi connectivity index (χ1) is 12.2. The monoisotopic (exact) mass is 339 g/mol. The number of aryl methyl sites for hydroxylation is 1. The molecule has 25 heavy (non-hydrogen) atoms. The van der Waals surface area contributed by atoms with Gasteiger partial charge in [0.05, 0.1) is 12.2 Å². The van der Waals surface area contributed by atoms with E-state index in [1.165, 1.54) is 12.3 Å². The molecule has 3 aromatic heterocycles. The Morgan fingerprint density at radius 3 is 2.96 bits per heavy atom. The summed E-state index contributed by atoms with van der Waals surface area (Å²) in [5.74, 6) is 2.78. The maximum absolute atomic E-state index is 13.1.